The van der Waals surface area contributed by atoms with Crippen LogP contribution in [-0.2, 0) is 41.8 Å². The molecule has 0 amide bonds. The molecule has 63 heavy (non-hydrogen) atoms. The van der Waals surface area contributed by atoms with Gasteiger partial charge in [0.15, 0.2) is 0 Å². The molecule has 0 radical (unpaired) electrons. The summed E-state index contributed by atoms with van der Waals surface area (Å²) in [5.74, 6) is 0. The number of rotatable bonds is 4. The first-order chi connectivity index (χ1) is 29.5. The summed E-state index contributed by atoms with van der Waals surface area (Å²) in [5.41, 5.74) is 16.8. The van der Waals surface area contributed by atoms with Crippen LogP contribution in [0.1, 0.15) is 103 Å². The van der Waals surface area contributed by atoms with E-state index in [0.717, 1.165) is 33.8 Å². The first kappa shape index (κ1) is 46.7. The molecule has 0 spiro atoms. The third kappa shape index (κ3) is 10.5. The van der Waals surface area contributed by atoms with E-state index in [9.17, 15) is 0 Å². The van der Waals surface area contributed by atoms with Gasteiger partial charge in [0, 0.05) is 18.6 Å². The zero-order valence-electron chi connectivity index (χ0n) is 38.3. The Morgan fingerprint density at radius 1 is 0.413 bits per heavy atom. The standard InChI is InChI=1S/C29H26N.C19H24N.C11H8N.Ir/c1-28(2)23-14-8-9-15-24(23)29(3,4)27-22(13-10-16-25(27)28)26-19-21(17-18-30-26)20-11-6-5-7-12-20;1-18(2,3)15-9-7-8-14(12-15)17-13-16(10-11-20-17)19(4,5)6;1-2-6-10(7-3-1)11-8-4-5-9-12-11;/h5-12,14-19H,1-4H3;7,9-13H,1-6H3;1-6,8-9H;/q3*-1;+3. The van der Waals surface area contributed by atoms with Crippen molar-refractivity contribution < 1.29 is 20.1 Å². The molecule has 0 fully saturated rings. The Bertz CT molecular complexity index is 2650. The van der Waals surface area contributed by atoms with Crippen LogP contribution >= 0.6 is 0 Å². The van der Waals surface area contributed by atoms with Crippen LogP contribution in [0.3, 0.4) is 0 Å². The van der Waals surface area contributed by atoms with Crippen molar-refractivity contribution in [1.82, 2.24) is 15.0 Å². The fraction of sp³-hybridized carbons (Fsp3) is 0.237. The fourth-order valence-corrected chi connectivity index (χ4v) is 8.30. The van der Waals surface area contributed by atoms with E-state index in [0.29, 0.717) is 0 Å². The largest absolute Gasteiger partial charge is 3.00 e. The maximum Gasteiger partial charge on any atom is 3.00 e. The van der Waals surface area contributed by atoms with Crippen LogP contribution in [-0.4, -0.2) is 15.0 Å². The predicted octanol–water partition coefficient (Wildman–Crippen LogP) is 14.9. The summed E-state index contributed by atoms with van der Waals surface area (Å²) < 4.78 is 0. The minimum absolute atomic E-state index is 0. The van der Waals surface area contributed by atoms with Crippen molar-refractivity contribution in [3.8, 4) is 44.9 Å². The first-order valence-corrected chi connectivity index (χ1v) is 21.6. The molecule has 3 aromatic heterocycles. The van der Waals surface area contributed by atoms with Crippen molar-refractivity contribution in [2.24, 2.45) is 0 Å². The summed E-state index contributed by atoms with van der Waals surface area (Å²) in [7, 11) is 0. The smallest absolute Gasteiger partial charge is 0.305 e. The van der Waals surface area contributed by atoms with Gasteiger partial charge in [0.1, 0.15) is 0 Å². The molecule has 0 atom stereocenters. The molecule has 3 heterocycles. The van der Waals surface area contributed by atoms with Gasteiger partial charge in [0.2, 0.25) is 0 Å². The molecule has 4 heteroatoms. The van der Waals surface area contributed by atoms with Crippen LogP contribution in [0.25, 0.3) is 44.9 Å². The third-order valence-corrected chi connectivity index (χ3v) is 11.9. The van der Waals surface area contributed by atoms with Crippen molar-refractivity contribution >= 4 is 0 Å². The molecule has 318 valence electrons. The van der Waals surface area contributed by atoms with Crippen LogP contribution in [0.2, 0.25) is 0 Å². The van der Waals surface area contributed by atoms with Crippen LogP contribution in [0.4, 0.5) is 0 Å². The average molecular weight is 1000 g/mol. The van der Waals surface area contributed by atoms with Crippen LogP contribution in [0.15, 0.2) is 170 Å². The SMILES string of the molecule is CC(C)(C)c1cc[c-]c(-c2cc(C(C)(C)C)ccn2)c1.CC1(C)c2ccccc2C(C)(C)c2c(-c3cc(-c4ccccc4)ccn3)[c-]ccc21.[Ir+3].[c-]1ccccc1-c1ccccn1. The topological polar surface area (TPSA) is 38.7 Å². The van der Waals surface area contributed by atoms with Crippen LogP contribution in [0, 0.1) is 18.2 Å². The zero-order valence-corrected chi connectivity index (χ0v) is 40.7. The van der Waals surface area contributed by atoms with E-state index in [4.69, 9.17) is 4.98 Å². The maximum atomic E-state index is 4.78. The monoisotopic (exact) mass is 1000 g/mol. The molecule has 0 unspecified atom stereocenters. The van der Waals surface area contributed by atoms with E-state index < -0.39 is 0 Å². The molecule has 1 aliphatic carbocycles. The second-order valence-corrected chi connectivity index (χ2v) is 19.1. The molecule has 0 saturated carbocycles. The second-order valence-electron chi connectivity index (χ2n) is 19.1. The van der Waals surface area contributed by atoms with Crippen molar-refractivity contribution in [3.05, 3.63) is 222 Å². The molecular weight excluding hydrogens is 943 g/mol. The van der Waals surface area contributed by atoms with E-state index in [-0.39, 0.29) is 41.8 Å². The van der Waals surface area contributed by atoms with E-state index >= 15 is 0 Å². The van der Waals surface area contributed by atoms with E-state index in [2.05, 4.69) is 201 Å². The van der Waals surface area contributed by atoms with Crippen molar-refractivity contribution in [2.75, 3.05) is 0 Å². The number of hydrogen-bond acceptors (Lipinski definition) is 3. The van der Waals surface area contributed by atoms with Crippen molar-refractivity contribution in [2.45, 2.75) is 90.9 Å². The number of aromatic nitrogens is 3. The Kier molecular flexibility index (Phi) is 14.3. The minimum Gasteiger partial charge on any atom is -0.305 e. The number of benzene rings is 5. The normalized spacial score (nSPS) is 13.4. The summed E-state index contributed by atoms with van der Waals surface area (Å²) in [6, 6.07) is 62.3. The van der Waals surface area contributed by atoms with Gasteiger partial charge in [-0.25, -0.2) is 0 Å². The molecule has 9 rings (SSSR count). The molecule has 0 N–H and O–H groups in total. The van der Waals surface area contributed by atoms with Gasteiger partial charge < -0.3 is 15.0 Å². The Morgan fingerprint density at radius 3 is 1.67 bits per heavy atom. The summed E-state index contributed by atoms with van der Waals surface area (Å²) >= 11 is 0. The quantitative estimate of drug-likeness (QED) is 0.165. The van der Waals surface area contributed by atoms with E-state index in [1.165, 1.54) is 44.5 Å². The molecule has 5 aromatic carbocycles. The van der Waals surface area contributed by atoms with Gasteiger partial charge in [-0.1, -0.05) is 148 Å². The number of hydrogen-bond donors (Lipinski definition) is 0. The maximum absolute atomic E-state index is 4.78. The van der Waals surface area contributed by atoms with Crippen LogP contribution < -0.4 is 0 Å². The zero-order chi connectivity index (χ0) is 44.1. The fourth-order valence-electron chi connectivity index (χ4n) is 8.30. The molecule has 1 aliphatic rings. The van der Waals surface area contributed by atoms with Gasteiger partial charge in [0.05, 0.1) is 0 Å². The van der Waals surface area contributed by atoms with Gasteiger partial charge in [0.25, 0.3) is 0 Å². The number of pyridine rings is 3. The van der Waals surface area contributed by atoms with E-state index in [1.54, 1.807) is 6.20 Å². The first-order valence-electron chi connectivity index (χ1n) is 21.6. The summed E-state index contributed by atoms with van der Waals surface area (Å²) in [6.07, 6.45) is 5.60. The van der Waals surface area contributed by atoms with Gasteiger partial charge in [-0.2, -0.15) is 0 Å². The van der Waals surface area contributed by atoms with Crippen molar-refractivity contribution in [3.63, 3.8) is 0 Å². The van der Waals surface area contributed by atoms with Crippen molar-refractivity contribution in [1.29, 1.82) is 0 Å². The molecule has 0 bridgehead atoms. The molecule has 0 aliphatic heterocycles. The summed E-state index contributed by atoms with van der Waals surface area (Å²) in [6.45, 7) is 22.7. The molecular formula is C59H58IrN3. The van der Waals surface area contributed by atoms with Crippen LogP contribution in [0.5, 0.6) is 0 Å². The average Bonchev–Trinajstić information content (AvgIpc) is 3.29. The Morgan fingerprint density at radius 2 is 1.00 bits per heavy atom. The van der Waals surface area contributed by atoms with Gasteiger partial charge >= 0.3 is 20.1 Å². The molecule has 8 aromatic rings. The van der Waals surface area contributed by atoms with E-state index in [1.807, 2.05) is 60.9 Å². The Hall–Kier alpha value is -5.80. The Balaban J connectivity index is 0.000000172. The van der Waals surface area contributed by atoms with Gasteiger partial charge in [-0.15, -0.1) is 106 Å². The number of nitrogens with zero attached hydrogens (tertiary/aromatic N) is 3. The van der Waals surface area contributed by atoms with Gasteiger partial charge in [-0.3, -0.25) is 0 Å². The second kappa shape index (κ2) is 19.3. The molecule has 3 nitrogen and oxygen atoms in total. The summed E-state index contributed by atoms with van der Waals surface area (Å²) in [4.78, 5) is 13.5. The Labute approximate surface area is 390 Å². The number of fused-ring (bicyclic) bond motifs is 2. The third-order valence-electron chi connectivity index (χ3n) is 11.9. The van der Waals surface area contributed by atoms with Gasteiger partial charge in [-0.05, 0) is 84.8 Å². The predicted molar refractivity (Wildman–Crippen MR) is 259 cm³/mol. The molecule has 0 saturated heterocycles. The summed E-state index contributed by atoms with van der Waals surface area (Å²) in [5, 5.41) is 0. The minimum atomic E-state index is -0.126.